The van der Waals surface area contributed by atoms with E-state index in [9.17, 15) is 31.4 Å². The van der Waals surface area contributed by atoms with Crippen molar-refractivity contribution in [1.82, 2.24) is 9.97 Å². The number of furan rings is 1. The normalized spacial score (nSPS) is 19.0. The van der Waals surface area contributed by atoms with Crippen LogP contribution in [0.3, 0.4) is 0 Å². The maximum atomic E-state index is 13.9. The SMILES string of the molecule is COc1cccc(C2=NN(c3nc(-c4ccco4)cc(C(F)(F)F)n3)[C@](O)(C(F)(F)F)C2)c1. The van der Waals surface area contributed by atoms with Crippen LogP contribution in [0.25, 0.3) is 11.5 Å². The number of nitrogens with zero attached hydrogens (tertiary/aromatic N) is 4. The van der Waals surface area contributed by atoms with Crippen molar-refractivity contribution in [1.29, 1.82) is 0 Å². The molecule has 1 aliphatic heterocycles. The first-order chi connectivity index (χ1) is 15.4. The Labute approximate surface area is 181 Å². The maximum absolute atomic E-state index is 13.9. The second kappa shape index (κ2) is 7.76. The van der Waals surface area contributed by atoms with Crippen LogP contribution in [0.1, 0.15) is 17.7 Å². The molecule has 3 aromatic rings. The highest BCUT2D eigenvalue weighted by Crippen LogP contribution is 2.44. The van der Waals surface area contributed by atoms with Crippen molar-refractivity contribution in [2.75, 3.05) is 12.1 Å². The summed E-state index contributed by atoms with van der Waals surface area (Å²) in [5, 5.41) is 14.3. The highest BCUT2D eigenvalue weighted by atomic mass is 19.4. The molecule has 0 spiro atoms. The number of hydrogen-bond acceptors (Lipinski definition) is 7. The Hall–Kier alpha value is -3.61. The molecule has 1 N–H and O–H groups in total. The molecule has 1 atom stereocenters. The number of aromatic nitrogens is 2. The van der Waals surface area contributed by atoms with Gasteiger partial charge in [0.05, 0.1) is 25.5 Å². The largest absolute Gasteiger partial charge is 0.497 e. The number of methoxy groups -OCH3 is 1. The van der Waals surface area contributed by atoms with Crippen LogP contribution in [0.2, 0.25) is 0 Å². The van der Waals surface area contributed by atoms with Gasteiger partial charge in [0.15, 0.2) is 11.5 Å². The van der Waals surface area contributed by atoms with Gasteiger partial charge in [0.25, 0.3) is 5.72 Å². The molecule has 2 aromatic heterocycles. The topological polar surface area (TPSA) is 84.0 Å². The minimum absolute atomic E-state index is 0.0521. The van der Waals surface area contributed by atoms with Crippen molar-refractivity contribution in [3.8, 4) is 17.2 Å². The molecular weight excluding hydrogens is 458 g/mol. The second-order valence-electron chi connectivity index (χ2n) is 7.00. The van der Waals surface area contributed by atoms with E-state index in [1.807, 2.05) is 0 Å². The third kappa shape index (κ3) is 4.11. The Kier molecular flexibility index (Phi) is 5.31. The molecule has 33 heavy (non-hydrogen) atoms. The van der Waals surface area contributed by atoms with Crippen LogP contribution < -0.4 is 9.75 Å². The van der Waals surface area contributed by atoms with Gasteiger partial charge in [-0.15, -0.1) is 0 Å². The van der Waals surface area contributed by atoms with E-state index in [2.05, 4.69) is 15.1 Å². The highest BCUT2D eigenvalue weighted by Gasteiger charge is 2.63. The number of hydrogen-bond donors (Lipinski definition) is 1. The lowest BCUT2D eigenvalue weighted by atomic mass is 10.0. The first kappa shape index (κ1) is 22.6. The molecule has 0 amide bonds. The van der Waals surface area contributed by atoms with Gasteiger partial charge in [-0.2, -0.15) is 36.5 Å². The minimum atomic E-state index is -5.32. The van der Waals surface area contributed by atoms with Gasteiger partial charge in [-0.05, 0) is 30.3 Å². The molecule has 1 aliphatic rings. The first-order valence-corrected chi connectivity index (χ1v) is 9.24. The molecule has 0 unspecified atom stereocenters. The second-order valence-corrected chi connectivity index (χ2v) is 7.00. The van der Waals surface area contributed by atoms with Gasteiger partial charge < -0.3 is 14.3 Å². The lowest BCUT2D eigenvalue weighted by molar-refractivity contribution is -0.254. The summed E-state index contributed by atoms with van der Waals surface area (Å²) in [5.41, 5.74) is -5.76. The summed E-state index contributed by atoms with van der Waals surface area (Å²) in [7, 11) is 1.35. The van der Waals surface area contributed by atoms with Crippen molar-refractivity contribution < 1.29 is 40.6 Å². The summed E-state index contributed by atoms with van der Waals surface area (Å²) in [6.45, 7) is 0. The molecule has 7 nitrogen and oxygen atoms in total. The Morgan fingerprint density at radius 2 is 1.82 bits per heavy atom. The van der Waals surface area contributed by atoms with E-state index >= 15 is 0 Å². The summed E-state index contributed by atoms with van der Waals surface area (Å²) < 4.78 is 92.2. The van der Waals surface area contributed by atoms with E-state index in [1.165, 1.54) is 43.5 Å². The molecule has 1 aromatic carbocycles. The van der Waals surface area contributed by atoms with Crippen molar-refractivity contribution in [3.63, 3.8) is 0 Å². The van der Waals surface area contributed by atoms with E-state index in [1.54, 1.807) is 0 Å². The summed E-state index contributed by atoms with van der Waals surface area (Å²) in [6.07, 6.45) is -10.3. The fraction of sp³-hybridized carbons (Fsp3) is 0.250. The minimum Gasteiger partial charge on any atom is -0.497 e. The zero-order valence-electron chi connectivity index (χ0n) is 16.6. The van der Waals surface area contributed by atoms with Gasteiger partial charge in [0, 0.05) is 5.56 Å². The van der Waals surface area contributed by atoms with Crippen molar-refractivity contribution in [3.05, 3.63) is 60.0 Å². The van der Waals surface area contributed by atoms with Crippen LogP contribution in [0.5, 0.6) is 5.75 Å². The summed E-state index contributed by atoms with van der Waals surface area (Å²) in [5.74, 6) is -0.940. The third-order valence-corrected chi connectivity index (χ3v) is 4.81. The molecule has 0 aliphatic carbocycles. The Balaban J connectivity index is 1.90. The fourth-order valence-corrected chi connectivity index (χ4v) is 3.16. The molecule has 174 valence electrons. The van der Waals surface area contributed by atoms with Crippen molar-refractivity contribution in [2.24, 2.45) is 5.10 Å². The van der Waals surface area contributed by atoms with Gasteiger partial charge in [-0.3, -0.25) is 0 Å². The summed E-state index contributed by atoms with van der Waals surface area (Å²) in [4.78, 5) is 7.00. The van der Waals surface area contributed by atoms with Crippen LogP contribution in [0.4, 0.5) is 32.3 Å². The molecule has 0 saturated carbocycles. The molecule has 13 heteroatoms. The van der Waals surface area contributed by atoms with E-state index in [-0.39, 0.29) is 22.0 Å². The van der Waals surface area contributed by atoms with E-state index in [0.29, 0.717) is 11.8 Å². The quantitative estimate of drug-likeness (QED) is 0.558. The van der Waals surface area contributed by atoms with Gasteiger partial charge in [0.2, 0.25) is 5.95 Å². The van der Waals surface area contributed by atoms with Gasteiger partial charge >= 0.3 is 12.4 Å². The van der Waals surface area contributed by atoms with Crippen molar-refractivity contribution in [2.45, 2.75) is 24.5 Å². The van der Waals surface area contributed by atoms with E-state index in [4.69, 9.17) is 9.15 Å². The lowest BCUT2D eigenvalue weighted by Crippen LogP contribution is -2.55. The predicted octanol–water partition coefficient (Wildman–Crippen LogP) is 4.63. The smallest absolute Gasteiger partial charge is 0.438 e. The zero-order valence-corrected chi connectivity index (χ0v) is 16.6. The Morgan fingerprint density at radius 1 is 1.06 bits per heavy atom. The number of hydrazone groups is 1. The zero-order chi connectivity index (χ0) is 24.0. The number of ether oxygens (including phenoxy) is 1. The molecular formula is C20H14F6N4O3. The lowest BCUT2D eigenvalue weighted by Gasteiger charge is -2.32. The Bertz CT molecular complexity index is 1190. The van der Waals surface area contributed by atoms with Crippen LogP contribution >= 0.6 is 0 Å². The van der Waals surface area contributed by atoms with Gasteiger partial charge in [-0.25, -0.2) is 9.97 Å². The van der Waals surface area contributed by atoms with E-state index < -0.39 is 41.8 Å². The third-order valence-electron chi connectivity index (χ3n) is 4.81. The predicted molar refractivity (Wildman–Crippen MR) is 102 cm³/mol. The molecule has 4 rings (SSSR count). The number of alkyl halides is 6. The highest BCUT2D eigenvalue weighted by molar-refractivity contribution is 6.03. The molecule has 0 fully saturated rings. The van der Waals surface area contributed by atoms with Crippen LogP contribution in [-0.2, 0) is 6.18 Å². The molecule has 0 radical (unpaired) electrons. The number of rotatable bonds is 4. The maximum Gasteiger partial charge on any atom is 0.438 e. The Morgan fingerprint density at radius 3 is 2.42 bits per heavy atom. The van der Waals surface area contributed by atoms with E-state index in [0.717, 1.165) is 6.26 Å². The molecule has 3 heterocycles. The van der Waals surface area contributed by atoms with Crippen LogP contribution in [0.15, 0.2) is 58.2 Å². The monoisotopic (exact) mass is 472 g/mol. The molecule has 0 bridgehead atoms. The van der Waals surface area contributed by atoms with Crippen LogP contribution in [-0.4, -0.2) is 39.8 Å². The number of halogens is 6. The van der Waals surface area contributed by atoms with Crippen LogP contribution in [0, 0.1) is 0 Å². The van der Waals surface area contributed by atoms with Gasteiger partial charge in [0.1, 0.15) is 11.4 Å². The first-order valence-electron chi connectivity index (χ1n) is 9.24. The van der Waals surface area contributed by atoms with Gasteiger partial charge in [-0.1, -0.05) is 12.1 Å². The number of aliphatic hydroxyl groups is 1. The summed E-state index contributed by atoms with van der Waals surface area (Å²) in [6, 6.07) is 8.99. The summed E-state index contributed by atoms with van der Waals surface area (Å²) >= 11 is 0. The average molecular weight is 472 g/mol. The number of benzene rings is 1. The average Bonchev–Trinajstić information content (AvgIpc) is 3.41. The van der Waals surface area contributed by atoms with Crippen molar-refractivity contribution >= 4 is 11.7 Å². The fourth-order valence-electron chi connectivity index (χ4n) is 3.16. The molecule has 0 saturated heterocycles. The standard InChI is InChI=1S/C20H14F6N4O3/c1-32-12-5-2-4-11(8-12)14-10-18(31,20(24,25)26)30(29-14)17-27-13(15-6-3-7-33-15)9-16(28-17)19(21,22)23/h2-9,31H,10H2,1H3/t18-/m1/s1. The number of anilines is 1.